The topological polar surface area (TPSA) is 55.9 Å². The number of hydrogen-bond acceptors (Lipinski definition) is 4. The Hall–Kier alpha value is -2.49. The quantitative estimate of drug-likeness (QED) is 0.331. The zero-order valence-corrected chi connectivity index (χ0v) is 25.8. The minimum absolute atomic E-state index is 0.0518. The molecule has 0 aromatic heterocycles. The average Bonchev–Trinajstić information content (AvgIpc) is 3.36. The summed E-state index contributed by atoms with van der Waals surface area (Å²) in [4.78, 5) is 32.3. The number of carbonyl (C=O) groups is 2. The molecule has 2 unspecified atom stereocenters. The normalized spacial score (nSPS) is 19.4. The Kier molecular flexibility index (Phi) is 10.7. The van der Waals surface area contributed by atoms with Crippen LogP contribution in [0.5, 0.6) is 0 Å². The van der Waals surface area contributed by atoms with Gasteiger partial charge < -0.3 is 20.0 Å². The molecule has 1 N–H and O–H groups in total. The van der Waals surface area contributed by atoms with Gasteiger partial charge in [-0.05, 0) is 67.3 Å². The molecule has 0 aliphatic carbocycles. The molecule has 0 saturated carbocycles. The van der Waals surface area contributed by atoms with Gasteiger partial charge in [-0.3, -0.25) is 9.59 Å². The van der Waals surface area contributed by atoms with E-state index in [1.807, 2.05) is 6.92 Å². The Morgan fingerprint density at radius 3 is 2.48 bits per heavy atom. The predicted octanol–water partition coefficient (Wildman–Crippen LogP) is 6.42. The first kappa shape index (κ1) is 32.4. The third-order valence-corrected chi connectivity index (χ3v) is 8.95. The zero-order chi connectivity index (χ0) is 30.6. The van der Waals surface area contributed by atoms with Crippen LogP contribution >= 0.6 is 23.2 Å². The number of piperazine rings is 1. The summed E-state index contributed by atoms with van der Waals surface area (Å²) < 4.78 is 40.7. The van der Waals surface area contributed by atoms with Gasteiger partial charge in [0.2, 0.25) is 11.8 Å². The number of anilines is 1. The van der Waals surface area contributed by atoms with E-state index in [-0.39, 0.29) is 24.3 Å². The third-order valence-electron chi connectivity index (χ3n) is 8.36. The van der Waals surface area contributed by atoms with E-state index in [1.165, 1.54) is 6.07 Å². The van der Waals surface area contributed by atoms with Gasteiger partial charge in [0.05, 0.1) is 5.56 Å². The number of hydrogen-bond donors (Lipinski definition) is 1. The number of nitrogens with one attached hydrogen (secondary N) is 1. The third kappa shape index (κ3) is 7.71. The number of halogens is 5. The number of likely N-dealkylation sites (tertiary alicyclic amines) is 1. The standard InChI is InChI=1S/C31H39Cl2F3N4O2/c1-4-20(2)17-37-18-23-14-24(31(34,35)36)8-10-27(23)38-12-13-39(21(3)19-38)30(42)28(40-11-5-6-29(40)41)15-22-7-9-25(32)16-26(22)33/h7-10,14,16,20-21,28,37H,4-6,11-13,15,17-19H2,1-3H3/t20?,21?,28-/m1/s1. The van der Waals surface area contributed by atoms with Gasteiger partial charge >= 0.3 is 6.18 Å². The van der Waals surface area contributed by atoms with Gasteiger partial charge in [0.15, 0.2) is 0 Å². The molecular formula is C31H39Cl2F3N4O2. The summed E-state index contributed by atoms with van der Waals surface area (Å²) in [6, 6.07) is 8.11. The Morgan fingerprint density at radius 1 is 1.10 bits per heavy atom. The smallest absolute Gasteiger partial charge is 0.367 e. The highest BCUT2D eigenvalue weighted by atomic mass is 35.5. The molecule has 2 saturated heterocycles. The first-order valence-electron chi connectivity index (χ1n) is 14.6. The van der Waals surface area contributed by atoms with E-state index in [0.29, 0.717) is 73.6 Å². The zero-order valence-electron chi connectivity index (χ0n) is 24.3. The van der Waals surface area contributed by atoms with Crippen LogP contribution in [0.2, 0.25) is 10.0 Å². The van der Waals surface area contributed by atoms with Crippen LogP contribution in [-0.2, 0) is 28.7 Å². The van der Waals surface area contributed by atoms with E-state index in [4.69, 9.17) is 23.2 Å². The molecule has 2 amide bonds. The van der Waals surface area contributed by atoms with Crippen molar-refractivity contribution in [1.29, 1.82) is 0 Å². The van der Waals surface area contributed by atoms with E-state index in [1.54, 1.807) is 34.1 Å². The number of nitrogens with zero attached hydrogens (tertiary/aromatic N) is 3. The van der Waals surface area contributed by atoms with Gasteiger partial charge in [-0.2, -0.15) is 13.2 Å². The summed E-state index contributed by atoms with van der Waals surface area (Å²) in [6.07, 6.45) is -2.08. The van der Waals surface area contributed by atoms with Crippen LogP contribution in [0.25, 0.3) is 0 Å². The summed E-state index contributed by atoms with van der Waals surface area (Å²) >= 11 is 12.5. The lowest BCUT2D eigenvalue weighted by Crippen LogP contribution is -2.59. The highest BCUT2D eigenvalue weighted by Gasteiger charge is 2.39. The van der Waals surface area contributed by atoms with E-state index in [9.17, 15) is 22.8 Å². The van der Waals surface area contributed by atoms with Gasteiger partial charge in [-0.15, -0.1) is 0 Å². The molecule has 2 aliphatic heterocycles. The largest absolute Gasteiger partial charge is 0.416 e. The number of alkyl halides is 3. The van der Waals surface area contributed by atoms with Crippen LogP contribution in [0.15, 0.2) is 36.4 Å². The minimum Gasteiger partial charge on any atom is -0.367 e. The van der Waals surface area contributed by atoms with Crippen molar-refractivity contribution >= 4 is 40.7 Å². The second kappa shape index (κ2) is 13.9. The SMILES string of the molecule is CCC(C)CNCc1cc(C(F)(F)F)ccc1N1CCN(C(=O)[C@@H](Cc2ccc(Cl)cc2Cl)N2CCCC2=O)C(C)C1. The fourth-order valence-electron chi connectivity index (χ4n) is 5.73. The van der Waals surface area contributed by atoms with Crippen molar-refractivity contribution in [3.63, 3.8) is 0 Å². The van der Waals surface area contributed by atoms with Gasteiger partial charge in [0, 0.05) is 67.3 Å². The molecule has 0 bridgehead atoms. The molecule has 2 aromatic carbocycles. The van der Waals surface area contributed by atoms with Gasteiger partial charge in [-0.1, -0.05) is 49.5 Å². The summed E-state index contributed by atoms with van der Waals surface area (Å²) in [5.74, 6) is 0.210. The van der Waals surface area contributed by atoms with Crippen molar-refractivity contribution in [1.82, 2.24) is 15.1 Å². The maximum atomic E-state index is 14.0. The fourth-order valence-corrected chi connectivity index (χ4v) is 6.22. The van der Waals surface area contributed by atoms with Crippen molar-refractivity contribution in [3.05, 3.63) is 63.1 Å². The van der Waals surface area contributed by atoms with E-state index in [0.717, 1.165) is 23.7 Å². The van der Waals surface area contributed by atoms with Crippen LogP contribution in [0.4, 0.5) is 18.9 Å². The van der Waals surface area contributed by atoms with Gasteiger partial charge in [0.1, 0.15) is 6.04 Å². The second-order valence-corrected chi connectivity index (χ2v) is 12.3. The maximum absolute atomic E-state index is 14.0. The van der Waals surface area contributed by atoms with Crippen molar-refractivity contribution < 1.29 is 22.8 Å². The second-order valence-electron chi connectivity index (χ2n) is 11.5. The summed E-state index contributed by atoms with van der Waals surface area (Å²) in [6.45, 7) is 8.95. The maximum Gasteiger partial charge on any atom is 0.416 e. The monoisotopic (exact) mass is 626 g/mol. The van der Waals surface area contributed by atoms with Gasteiger partial charge in [-0.25, -0.2) is 0 Å². The molecule has 0 spiro atoms. The Balaban J connectivity index is 1.53. The first-order chi connectivity index (χ1) is 19.9. The number of carbonyl (C=O) groups excluding carboxylic acids is 2. The summed E-state index contributed by atoms with van der Waals surface area (Å²) in [7, 11) is 0. The van der Waals surface area contributed by atoms with E-state index in [2.05, 4.69) is 24.1 Å². The fraction of sp³-hybridized carbons (Fsp3) is 0.548. The van der Waals surface area contributed by atoms with Gasteiger partial charge in [0.25, 0.3) is 0 Å². The predicted molar refractivity (Wildman–Crippen MR) is 161 cm³/mol. The molecule has 2 aromatic rings. The average molecular weight is 628 g/mol. The first-order valence-corrected chi connectivity index (χ1v) is 15.3. The van der Waals surface area contributed by atoms with Crippen molar-refractivity contribution in [3.8, 4) is 0 Å². The molecule has 2 aliphatic rings. The lowest BCUT2D eigenvalue weighted by molar-refractivity contribution is -0.145. The molecule has 2 fully saturated rings. The highest BCUT2D eigenvalue weighted by molar-refractivity contribution is 6.35. The van der Waals surface area contributed by atoms with E-state index >= 15 is 0 Å². The highest BCUT2D eigenvalue weighted by Crippen LogP contribution is 2.34. The molecule has 6 nitrogen and oxygen atoms in total. The lowest BCUT2D eigenvalue weighted by atomic mass is 10.0. The van der Waals surface area contributed by atoms with Crippen molar-refractivity contribution in [2.75, 3.05) is 37.6 Å². The van der Waals surface area contributed by atoms with Crippen LogP contribution in [0, 0.1) is 5.92 Å². The minimum atomic E-state index is -4.43. The molecule has 11 heteroatoms. The van der Waals surface area contributed by atoms with Crippen molar-refractivity contribution in [2.45, 2.75) is 71.3 Å². The van der Waals surface area contributed by atoms with E-state index < -0.39 is 17.8 Å². The molecule has 2 heterocycles. The molecule has 4 rings (SSSR count). The lowest BCUT2D eigenvalue weighted by Gasteiger charge is -2.44. The Bertz CT molecular complexity index is 1280. The Morgan fingerprint density at radius 2 is 1.86 bits per heavy atom. The molecular weight excluding hydrogens is 588 g/mol. The number of amides is 2. The van der Waals surface area contributed by atoms with Crippen LogP contribution in [0.1, 0.15) is 56.7 Å². The molecule has 3 atom stereocenters. The number of benzene rings is 2. The van der Waals surface area contributed by atoms with Crippen LogP contribution in [0.3, 0.4) is 0 Å². The summed E-state index contributed by atoms with van der Waals surface area (Å²) in [5.41, 5.74) is 1.38. The Labute approximate surface area is 256 Å². The molecule has 42 heavy (non-hydrogen) atoms. The van der Waals surface area contributed by atoms with Crippen LogP contribution < -0.4 is 10.2 Å². The molecule has 0 radical (unpaired) electrons. The molecule has 230 valence electrons. The summed E-state index contributed by atoms with van der Waals surface area (Å²) in [5, 5.41) is 4.25. The number of rotatable bonds is 10. The van der Waals surface area contributed by atoms with Crippen molar-refractivity contribution in [2.24, 2.45) is 5.92 Å². The van der Waals surface area contributed by atoms with Crippen LogP contribution in [-0.4, -0.2) is 66.4 Å².